The summed E-state index contributed by atoms with van der Waals surface area (Å²) in [6, 6.07) is 2.41. The van der Waals surface area contributed by atoms with Gasteiger partial charge in [-0.05, 0) is 26.0 Å². The van der Waals surface area contributed by atoms with Crippen LogP contribution in [0.1, 0.15) is 38.9 Å². The summed E-state index contributed by atoms with van der Waals surface area (Å²) < 4.78 is 7.50. The summed E-state index contributed by atoms with van der Waals surface area (Å²) in [6.07, 6.45) is 2.98. The van der Waals surface area contributed by atoms with Gasteiger partial charge in [0.05, 0.1) is 24.9 Å². The lowest BCUT2D eigenvalue weighted by Crippen LogP contribution is -2.58. The van der Waals surface area contributed by atoms with E-state index in [-0.39, 0.29) is 11.6 Å². The maximum atomic E-state index is 5.51. The standard InChI is InChI=1S/C15H28N4O/c1-5-15(3,19-9-11-20-12-10-19)14(16-6-2)13-7-8-17-18(13)4/h7-8,14,16H,5-6,9-12H2,1-4H3. The van der Waals surface area contributed by atoms with Crippen LogP contribution in [-0.2, 0) is 11.8 Å². The zero-order valence-electron chi connectivity index (χ0n) is 13.2. The van der Waals surface area contributed by atoms with Gasteiger partial charge in [-0.1, -0.05) is 13.8 Å². The van der Waals surface area contributed by atoms with Gasteiger partial charge >= 0.3 is 0 Å². The van der Waals surface area contributed by atoms with E-state index in [1.54, 1.807) is 0 Å². The molecule has 0 spiro atoms. The van der Waals surface area contributed by atoms with Crippen molar-refractivity contribution in [1.29, 1.82) is 0 Å². The van der Waals surface area contributed by atoms with Gasteiger partial charge in [-0.25, -0.2) is 0 Å². The van der Waals surface area contributed by atoms with Crippen molar-refractivity contribution in [3.63, 3.8) is 0 Å². The average molecular weight is 280 g/mol. The van der Waals surface area contributed by atoms with Crippen molar-refractivity contribution in [2.24, 2.45) is 7.05 Å². The van der Waals surface area contributed by atoms with Crippen molar-refractivity contribution in [3.05, 3.63) is 18.0 Å². The second kappa shape index (κ2) is 6.70. The van der Waals surface area contributed by atoms with Crippen LogP contribution in [0.3, 0.4) is 0 Å². The number of aromatic nitrogens is 2. The zero-order chi connectivity index (χ0) is 14.6. The Morgan fingerprint density at radius 3 is 2.60 bits per heavy atom. The Morgan fingerprint density at radius 1 is 1.40 bits per heavy atom. The van der Waals surface area contributed by atoms with Gasteiger partial charge in [0.2, 0.25) is 0 Å². The normalized spacial score (nSPS) is 21.6. The minimum atomic E-state index is 0.0770. The van der Waals surface area contributed by atoms with Crippen molar-refractivity contribution < 1.29 is 4.74 Å². The maximum Gasteiger partial charge on any atom is 0.0675 e. The number of nitrogens with one attached hydrogen (secondary N) is 1. The molecular formula is C15H28N4O. The smallest absolute Gasteiger partial charge is 0.0675 e. The fraction of sp³-hybridized carbons (Fsp3) is 0.800. The number of nitrogens with zero attached hydrogens (tertiary/aromatic N) is 3. The fourth-order valence-electron chi connectivity index (χ4n) is 3.20. The quantitative estimate of drug-likeness (QED) is 0.859. The molecule has 0 saturated carbocycles. The summed E-state index contributed by atoms with van der Waals surface area (Å²) in [6.45, 7) is 11.4. The summed E-state index contributed by atoms with van der Waals surface area (Å²) in [7, 11) is 2.02. The monoisotopic (exact) mass is 280 g/mol. The number of rotatable bonds is 6. The minimum absolute atomic E-state index is 0.0770. The Morgan fingerprint density at radius 2 is 2.10 bits per heavy atom. The van der Waals surface area contributed by atoms with Crippen molar-refractivity contribution in [1.82, 2.24) is 20.0 Å². The van der Waals surface area contributed by atoms with Gasteiger partial charge in [-0.3, -0.25) is 9.58 Å². The lowest BCUT2D eigenvalue weighted by molar-refractivity contribution is -0.0337. The molecule has 2 rings (SSSR count). The highest BCUT2D eigenvalue weighted by Crippen LogP contribution is 2.34. The summed E-state index contributed by atoms with van der Waals surface area (Å²) >= 11 is 0. The molecule has 20 heavy (non-hydrogen) atoms. The molecule has 1 N–H and O–H groups in total. The molecule has 1 fully saturated rings. The minimum Gasteiger partial charge on any atom is -0.379 e. The molecule has 5 heteroatoms. The molecule has 0 bridgehead atoms. The predicted octanol–water partition coefficient (Wildman–Crippen LogP) is 1.57. The number of likely N-dealkylation sites (N-methyl/N-ethyl adjacent to an activating group) is 1. The molecular weight excluding hydrogens is 252 g/mol. The van der Waals surface area contributed by atoms with Crippen LogP contribution in [0.2, 0.25) is 0 Å². The van der Waals surface area contributed by atoms with Crippen LogP contribution < -0.4 is 5.32 Å². The third-order valence-electron chi connectivity index (χ3n) is 4.63. The molecule has 1 saturated heterocycles. The number of aryl methyl sites for hydroxylation is 1. The molecule has 0 amide bonds. The van der Waals surface area contributed by atoms with Crippen LogP contribution in [0.4, 0.5) is 0 Å². The molecule has 1 aliphatic heterocycles. The summed E-state index contributed by atoms with van der Waals surface area (Å²) in [5, 5.41) is 8.02. The maximum absolute atomic E-state index is 5.51. The van der Waals surface area contributed by atoms with Gasteiger partial charge in [0.25, 0.3) is 0 Å². The Bertz CT molecular complexity index is 414. The highest BCUT2D eigenvalue weighted by molar-refractivity contribution is 5.14. The van der Waals surface area contributed by atoms with Gasteiger partial charge < -0.3 is 10.1 Å². The Kier molecular flexibility index (Phi) is 5.18. The molecule has 1 aliphatic rings. The van der Waals surface area contributed by atoms with E-state index in [2.05, 4.69) is 42.2 Å². The van der Waals surface area contributed by atoms with E-state index < -0.39 is 0 Å². The third-order valence-corrected chi connectivity index (χ3v) is 4.63. The molecule has 1 aromatic heterocycles. The predicted molar refractivity (Wildman–Crippen MR) is 80.7 cm³/mol. The fourth-order valence-corrected chi connectivity index (χ4v) is 3.20. The van der Waals surface area contributed by atoms with E-state index in [0.29, 0.717) is 0 Å². The molecule has 5 nitrogen and oxygen atoms in total. The molecule has 0 radical (unpaired) electrons. The Labute approximate surface area is 122 Å². The first-order valence-electron chi connectivity index (χ1n) is 7.67. The Hall–Kier alpha value is -0.910. The van der Waals surface area contributed by atoms with Gasteiger partial charge in [-0.2, -0.15) is 5.10 Å². The number of morpholine rings is 1. The SMILES string of the molecule is CCNC(c1ccnn1C)C(C)(CC)N1CCOCC1. The highest BCUT2D eigenvalue weighted by atomic mass is 16.5. The van der Waals surface area contributed by atoms with Gasteiger partial charge in [0.1, 0.15) is 0 Å². The van der Waals surface area contributed by atoms with E-state index in [1.165, 1.54) is 5.69 Å². The second-order valence-corrected chi connectivity index (χ2v) is 5.68. The van der Waals surface area contributed by atoms with Gasteiger partial charge in [-0.15, -0.1) is 0 Å². The van der Waals surface area contributed by atoms with Crippen LogP contribution in [0.5, 0.6) is 0 Å². The first-order valence-corrected chi connectivity index (χ1v) is 7.67. The van der Waals surface area contributed by atoms with E-state index >= 15 is 0 Å². The lowest BCUT2D eigenvalue weighted by Gasteiger charge is -2.48. The van der Waals surface area contributed by atoms with Crippen molar-refractivity contribution >= 4 is 0 Å². The second-order valence-electron chi connectivity index (χ2n) is 5.68. The van der Waals surface area contributed by atoms with Crippen LogP contribution in [0, 0.1) is 0 Å². The van der Waals surface area contributed by atoms with Crippen LogP contribution >= 0.6 is 0 Å². The number of hydrogen-bond acceptors (Lipinski definition) is 4. The molecule has 2 unspecified atom stereocenters. The molecule has 114 valence electrons. The van der Waals surface area contributed by atoms with Crippen molar-refractivity contribution in [2.75, 3.05) is 32.8 Å². The first kappa shape index (κ1) is 15.5. The summed E-state index contributed by atoms with van der Waals surface area (Å²) in [5.74, 6) is 0. The van der Waals surface area contributed by atoms with E-state index in [4.69, 9.17) is 4.74 Å². The topological polar surface area (TPSA) is 42.3 Å². The first-order chi connectivity index (χ1) is 9.63. The van der Waals surface area contributed by atoms with E-state index in [0.717, 1.165) is 39.3 Å². The van der Waals surface area contributed by atoms with Gasteiger partial charge in [0, 0.05) is 31.9 Å². The molecule has 0 aliphatic carbocycles. The van der Waals surface area contributed by atoms with Crippen LogP contribution in [0.15, 0.2) is 12.3 Å². The average Bonchev–Trinajstić information content (AvgIpc) is 2.91. The molecule has 2 heterocycles. The molecule has 0 aromatic carbocycles. The molecule has 1 aromatic rings. The van der Waals surface area contributed by atoms with E-state index in [9.17, 15) is 0 Å². The van der Waals surface area contributed by atoms with Gasteiger partial charge in [0.15, 0.2) is 0 Å². The zero-order valence-corrected chi connectivity index (χ0v) is 13.2. The number of hydrogen-bond donors (Lipinski definition) is 1. The van der Waals surface area contributed by atoms with Crippen LogP contribution in [-0.4, -0.2) is 53.1 Å². The summed E-state index contributed by atoms with van der Waals surface area (Å²) in [4.78, 5) is 2.57. The lowest BCUT2D eigenvalue weighted by atomic mass is 9.84. The van der Waals surface area contributed by atoms with Crippen LogP contribution in [0.25, 0.3) is 0 Å². The summed E-state index contributed by atoms with van der Waals surface area (Å²) in [5.41, 5.74) is 1.33. The van der Waals surface area contributed by atoms with Crippen molar-refractivity contribution in [3.8, 4) is 0 Å². The highest BCUT2D eigenvalue weighted by Gasteiger charge is 2.40. The van der Waals surface area contributed by atoms with E-state index in [1.807, 2.05) is 17.9 Å². The largest absolute Gasteiger partial charge is 0.379 e. The van der Waals surface area contributed by atoms with Crippen molar-refractivity contribution in [2.45, 2.75) is 38.8 Å². The third kappa shape index (κ3) is 2.90. The Balaban J connectivity index is 2.30. The molecule has 2 atom stereocenters. The number of ether oxygens (including phenoxy) is 1.